The minimum Gasteiger partial charge on any atom is -0.382 e. The highest BCUT2D eigenvalue weighted by Gasteiger charge is 2.18. The molecule has 19 heavy (non-hydrogen) atoms. The molecular formula is C13H18F2N2O2. The zero-order chi connectivity index (χ0) is 14.4. The van der Waals surface area contributed by atoms with Crippen LogP contribution in [0, 0.1) is 10.1 Å². The average molecular weight is 272 g/mol. The summed E-state index contributed by atoms with van der Waals surface area (Å²) in [5.41, 5.74) is -0.371. The summed E-state index contributed by atoms with van der Waals surface area (Å²) in [4.78, 5) is 9.92. The highest BCUT2D eigenvalue weighted by atomic mass is 19.3. The van der Waals surface area contributed by atoms with E-state index in [1.54, 1.807) is 0 Å². The first-order valence-electron chi connectivity index (χ1n) is 6.28. The van der Waals surface area contributed by atoms with E-state index in [1.165, 1.54) is 12.1 Å². The number of anilines is 1. The lowest BCUT2D eigenvalue weighted by Crippen LogP contribution is -2.16. The standard InChI is InChI=1S/C13H18F2N2O2/c1-3-4-5-9(2)16-12-7-6-10(17(18)19)8-11(12)13(14)15/h6-9,13,16H,3-5H2,1-2H3. The molecule has 0 spiro atoms. The van der Waals surface area contributed by atoms with Crippen LogP contribution in [-0.4, -0.2) is 11.0 Å². The number of alkyl halides is 2. The molecule has 4 nitrogen and oxygen atoms in total. The van der Waals surface area contributed by atoms with Crippen LogP contribution in [0.1, 0.15) is 45.1 Å². The topological polar surface area (TPSA) is 55.2 Å². The number of nitrogens with zero attached hydrogens (tertiary/aromatic N) is 1. The third-order valence-electron chi connectivity index (χ3n) is 2.87. The molecule has 0 saturated carbocycles. The molecule has 6 heteroatoms. The van der Waals surface area contributed by atoms with Gasteiger partial charge in [0.15, 0.2) is 0 Å². The van der Waals surface area contributed by atoms with E-state index in [4.69, 9.17) is 0 Å². The van der Waals surface area contributed by atoms with Crippen LogP contribution in [0.2, 0.25) is 0 Å². The molecule has 0 amide bonds. The number of unbranched alkanes of at least 4 members (excludes halogenated alkanes) is 1. The smallest absolute Gasteiger partial charge is 0.270 e. The lowest BCUT2D eigenvalue weighted by atomic mass is 10.1. The van der Waals surface area contributed by atoms with E-state index in [0.717, 1.165) is 25.3 Å². The van der Waals surface area contributed by atoms with Gasteiger partial charge in [-0.05, 0) is 19.4 Å². The van der Waals surface area contributed by atoms with Crippen molar-refractivity contribution in [2.24, 2.45) is 0 Å². The molecule has 106 valence electrons. The van der Waals surface area contributed by atoms with Crippen molar-refractivity contribution < 1.29 is 13.7 Å². The van der Waals surface area contributed by atoms with Gasteiger partial charge in [-0.3, -0.25) is 10.1 Å². The Morgan fingerprint density at radius 2 is 2.11 bits per heavy atom. The fourth-order valence-corrected chi connectivity index (χ4v) is 1.82. The Bertz CT molecular complexity index is 439. The summed E-state index contributed by atoms with van der Waals surface area (Å²) in [5, 5.41) is 13.6. The van der Waals surface area contributed by atoms with E-state index in [1.807, 2.05) is 6.92 Å². The Morgan fingerprint density at radius 1 is 1.42 bits per heavy atom. The largest absolute Gasteiger partial charge is 0.382 e. The van der Waals surface area contributed by atoms with Crippen molar-refractivity contribution in [1.82, 2.24) is 0 Å². The van der Waals surface area contributed by atoms with Gasteiger partial charge in [0.2, 0.25) is 0 Å². The fraction of sp³-hybridized carbons (Fsp3) is 0.538. The highest BCUT2D eigenvalue weighted by Crippen LogP contribution is 2.31. The van der Waals surface area contributed by atoms with E-state index in [2.05, 4.69) is 12.2 Å². The number of rotatable bonds is 7. The van der Waals surface area contributed by atoms with E-state index >= 15 is 0 Å². The summed E-state index contributed by atoms with van der Waals surface area (Å²) >= 11 is 0. The Labute approximate surface area is 111 Å². The Kier molecular flexibility index (Phi) is 5.66. The van der Waals surface area contributed by atoms with Gasteiger partial charge in [-0.1, -0.05) is 19.8 Å². The number of nitrogens with one attached hydrogen (secondary N) is 1. The van der Waals surface area contributed by atoms with E-state index < -0.39 is 11.3 Å². The highest BCUT2D eigenvalue weighted by molar-refractivity contribution is 5.57. The number of hydrogen-bond acceptors (Lipinski definition) is 3. The average Bonchev–Trinajstić information content (AvgIpc) is 2.36. The molecule has 1 atom stereocenters. The third-order valence-corrected chi connectivity index (χ3v) is 2.87. The number of nitro benzene ring substituents is 1. The van der Waals surface area contributed by atoms with Gasteiger partial charge in [-0.2, -0.15) is 0 Å². The van der Waals surface area contributed by atoms with Crippen LogP contribution in [0.3, 0.4) is 0 Å². The second-order valence-corrected chi connectivity index (χ2v) is 4.52. The molecule has 0 fully saturated rings. The van der Waals surface area contributed by atoms with Crippen LogP contribution in [0.25, 0.3) is 0 Å². The van der Waals surface area contributed by atoms with E-state index in [-0.39, 0.29) is 23.0 Å². The SMILES string of the molecule is CCCCC(C)Nc1ccc([N+](=O)[O-])cc1C(F)F. The Hall–Kier alpha value is -1.72. The van der Waals surface area contributed by atoms with E-state index in [0.29, 0.717) is 0 Å². The van der Waals surface area contributed by atoms with Gasteiger partial charge >= 0.3 is 0 Å². The molecule has 0 aliphatic rings. The van der Waals surface area contributed by atoms with Crippen LogP contribution in [0.4, 0.5) is 20.2 Å². The minimum absolute atomic E-state index is 0.0545. The number of nitro groups is 1. The molecule has 1 N–H and O–H groups in total. The van der Waals surface area contributed by atoms with Crippen molar-refractivity contribution in [3.63, 3.8) is 0 Å². The van der Waals surface area contributed by atoms with Crippen LogP contribution in [0.15, 0.2) is 18.2 Å². The molecule has 0 radical (unpaired) electrons. The van der Waals surface area contributed by atoms with Crippen LogP contribution in [-0.2, 0) is 0 Å². The Balaban J connectivity index is 2.90. The van der Waals surface area contributed by atoms with Crippen molar-refractivity contribution in [2.75, 3.05) is 5.32 Å². The molecule has 0 aliphatic heterocycles. The summed E-state index contributed by atoms with van der Waals surface area (Å²) < 4.78 is 25.8. The first-order chi connectivity index (χ1) is 8.95. The van der Waals surface area contributed by atoms with Gasteiger partial charge < -0.3 is 5.32 Å². The van der Waals surface area contributed by atoms with Crippen molar-refractivity contribution in [2.45, 2.75) is 45.6 Å². The molecule has 0 saturated heterocycles. The molecule has 1 rings (SSSR count). The molecule has 1 aromatic carbocycles. The lowest BCUT2D eigenvalue weighted by molar-refractivity contribution is -0.385. The normalized spacial score (nSPS) is 12.5. The number of halogens is 2. The second-order valence-electron chi connectivity index (χ2n) is 4.52. The van der Waals surface area contributed by atoms with E-state index in [9.17, 15) is 18.9 Å². The van der Waals surface area contributed by atoms with Gasteiger partial charge in [0.25, 0.3) is 12.1 Å². The predicted molar refractivity (Wildman–Crippen MR) is 70.7 cm³/mol. The summed E-state index contributed by atoms with van der Waals surface area (Å²) in [6.45, 7) is 3.97. The maximum atomic E-state index is 12.9. The van der Waals surface area contributed by atoms with Crippen molar-refractivity contribution >= 4 is 11.4 Å². The minimum atomic E-state index is -2.74. The molecule has 0 aliphatic carbocycles. The van der Waals surface area contributed by atoms with Gasteiger partial charge in [0, 0.05) is 29.4 Å². The van der Waals surface area contributed by atoms with Gasteiger partial charge in [0.05, 0.1) is 4.92 Å². The summed E-state index contributed by atoms with van der Waals surface area (Å²) in [7, 11) is 0. The molecule has 0 aromatic heterocycles. The first-order valence-corrected chi connectivity index (χ1v) is 6.28. The third kappa shape index (κ3) is 4.46. The van der Waals surface area contributed by atoms with Gasteiger partial charge in [-0.25, -0.2) is 8.78 Å². The maximum Gasteiger partial charge on any atom is 0.270 e. The zero-order valence-electron chi connectivity index (χ0n) is 11.0. The molecule has 1 unspecified atom stereocenters. The van der Waals surface area contributed by atoms with Crippen LogP contribution < -0.4 is 5.32 Å². The first kappa shape index (κ1) is 15.3. The fourth-order valence-electron chi connectivity index (χ4n) is 1.82. The maximum absolute atomic E-state index is 12.9. The number of benzene rings is 1. The molecule has 0 bridgehead atoms. The van der Waals surface area contributed by atoms with Crippen molar-refractivity contribution in [1.29, 1.82) is 0 Å². The van der Waals surface area contributed by atoms with Crippen LogP contribution in [0.5, 0.6) is 0 Å². The summed E-state index contributed by atoms with van der Waals surface area (Å²) in [5.74, 6) is 0. The Morgan fingerprint density at radius 3 is 2.63 bits per heavy atom. The lowest BCUT2D eigenvalue weighted by Gasteiger charge is -2.17. The monoisotopic (exact) mass is 272 g/mol. The van der Waals surface area contributed by atoms with Crippen molar-refractivity contribution in [3.05, 3.63) is 33.9 Å². The number of hydrogen-bond donors (Lipinski definition) is 1. The molecule has 1 aromatic rings. The van der Waals surface area contributed by atoms with Gasteiger partial charge in [-0.15, -0.1) is 0 Å². The molecule has 0 heterocycles. The van der Waals surface area contributed by atoms with Gasteiger partial charge in [0.1, 0.15) is 0 Å². The molecular weight excluding hydrogens is 254 g/mol. The van der Waals surface area contributed by atoms with Crippen molar-refractivity contribution in [3.8, 4) is 0 Å². The quantitative estimate of drug-likeness (QED) is 0.586. The van der Waals surface area contributed by atoms with Crippen LogP contribution >= 0.6 is 0 Å². The summed E-state index contributed by atoms with van der Waals surface area (Å²) in [6.07, 6.45) is 0.177. The predicted octanol–water partition coefficient (Wildman–Crippen LogP) is 4.52. The zero-order valence-corrected chi connectivity index (χ0v) is 11.0. The second kappa shape index (κ2) is 7.01. The number of non-ortho nitro benzene ring substituents is 1. The summed E-state index contributed by atoms with van der Waals surface area (Å²) in [6, 6.07) is 3.57.